The molecule has 2 fully saturated rings. The molecule has 0 amide bonds. The Morgan fingerprint density at radius 3 is 2.50 bits per heavy atom. The van der Waals surface area contributed by atoms with Crippen LogP contribution in [0.15, 0.2) is 0 Å². The maximum absolute atomic E-state index is 11.1. The molecule has 0 aromatic rings. The first-order chi connectivity index (χ1) is 6.41. The summed E-state index contributed by atoms with van der Waals surface area (Å²) in [5.41, 5.74) is 0. The molecule has 82 valence electrons. The van der Waals surface area contributed by atoms with E-state index in [1.165, 1.54) is 0 Å². The second kappa shape index (κ2) is 3.24. The number of phosphoric ester groups is 1. The van der Waals surface area contributed by atoms with E-state index in [2.05, 4.69) is 9.05 Å². The quantitative estimate of drug-likeness (QED) is 0.453. The number of aliphatic hydroxyl groups is 2. The van der Waals surface area contributed by atoms with Crippen molar-refractivity contribution in [2.75, 3.05) is 0 Å². The van der Waals surface area contributed by atoms with Crippen LogP contribution in [0.3, 0.4) is 0 Å². The second-order valence-electron chi connectivity index (χ2n) is 3.33. The minimum absolute atomic E-state index is 0.617. The van der Waals surface area contributed by atoms with Gasteiger partial charge in [-0.2, -0.15) is 0 Å². The summed E-state index contributed by atoms with van der Waals surface area (Å²) in [5.74, 6) is 0. The van der Waals surface area contributed by atoms with Crippen LogP contribution < -0.4 is 0 Å². The molecule has 2 aliphatic heterocycles. The lowest BCUT2D eigenvalue weighted by Gasteiger charge is -2.45. The third-order valence-electron chi connectivity index (χ3n) is 2.27. The van der Waals surface area contributed by atoms with E-state index in [4.69, 9.17) is 9.63 Å². The summed E-state index contributed by atoms with van der Waals surface area (Å²) in [6, 6.07) is 0. The third-order valence-corrected chi connectivity index (χ3v) is 3.26. The first kappa shape index (κ1) is 10.5. The summed E-state index contributed by atoms with van der Waals surface area (Å²) in [7, 11) is -4.21. The smallest absolute Gasteiger partial charge is 0.388 e. The average Bonchev–Trinajstić information content (AvgIpc) is 2.06. The predicted octanol–water partition coefficient (Wildman–Crippen LogP) is -1.03. The van der Waals surface area contributed by atoms with E-state index in [1.807, 2.05) is 0 Å². The Labute approximate surface area is 79.8 Å². The van der Waals surface area contributed by atoms with E-state index < -0.39 is 38.5 Å². The zero-order valence-corrected chi connectivity index (χ0v) is 8.20. The van der Waals surface area contributed by atoms with Crippen LogP contribution >= 0.6 is 7.82 Å². The van der Waals surface area contributed by atoms with Crippen molar-refractivity contribution in [3.05, 3.63) is 0 Å². The van der Waals surface area contributed by atoms with E-state index in [-0.39, 0.29) is 0 Å². The number of hydrogen-bond donors (Lipinski definition) is 3. The number of ether oxygens (including phenoxy) is 1. The monoisotopic (exact) mass is 226 g/mol. The highest BCUT2D eigenvalue weighted by Gasteiger charge is 2.53. The lowest BCUT2D eigenvalue weighted by atomic mass is 10.0. The first-order valence-electron chi connectivity index (χ1n) is 4.12. The molecule has 2 heterocycles. The number of rotatable bonds is 0. The van der Waals surface area contributed by atoms with Crippen molar-refractivity contribution in [3.63, 3.8) is 0 Å². The first-order valence-corrected chi connectivity index (χ1v) is 5.61. The Bertz CT molecular complexity index is 277. The van der Waals surface area contributed by atoms with Gasteiger partial charge in [-0.1, -0.05) is 0 Å². The Morgan fingerprint density at radius 2 is 1.86 bits per heavy atom. The van der Waals surface area contributed by atoms with E-state index in [9.17, 15) is 14.8 Å². The Morgan fingerprint density at radius 1 is 1.21 bits per heavy atom. The van der Waals surface area contributed by atoms with Crippen LogP contribution in [0.2, 0.25) is 0 Å². The van der Waals surface area contributed by atoms with Gasteiger partial charge in [0.2, 0.25) is 0 Å². The molecule has 2 bridgehead atoms. The largest absolute Gasteiger partial charge is 0.475 e. The van der Waals surface area contributed by atoms with E-state index in [1.54, 1.807) is 6.92 Å². The Kier molecular flexibility index (Phi) is 2.43. The van der Waals surface area contributed by atoms with Crippen molar-refractivity contribution in [2.24, 2.45) is 0 Å². The normalized spacial score (nSPS) is 58.4. The van der Waals surface area contributed by atoms with Crippen LogP contribution in [0.25, 0.3) is 0 Å². The number of hydrogen-bond acceptors (Lipinski definition) is 6. The average molecular weight is 226 g/mol. The number of fused-ring (bicyclic) bond motifs is 2. The highest BCUT2D eigenvalue weighted by molar-refractivity contribution is 7.47. The summed E-state index contributed by atoms with van der Waals surface area (Å²) in [6.45, 7) is 1.55. The fraction of sp³-hybridized carbons (Fsp3) is 1.00. The number of aliphatic hydroxyl groups excluding tert-OH is 2. The van der Waals surface area contributed by atoms with Gasteiger partial charge in [-0.25, -0.2) is 4.57 Å². The summed E-state index contributed by atoms with van der Waals surface area (Å²) in [4.78, 5) is 9.01. The van der Waals surface area contributed by atoms with Crippen LogP contribution in [0.1, 0.15) is 6.92 Å². The SMILES string of the molecule is C[C@@H]1O[C@H]2OP(=O)(O)O[C@@H]([C@H]1O)[C@H]2O. The van der Waals surface area contributed by atoms with Crippen molar-refractivity contribution in [2.45, 2.75) is 37.6 Å². The van der Waals surface area contributed by atoms with Gasteiger partial charge in [-0.05, 0) is 6.92 Å². The molecular weight excluding hydrogens is 215 g/mol. The molecule has 6 atom stereocenters. The fourth-order valence-corrected chi connectivity index (χ4v) is 2.56. The lowest BCUT2D eigenvalue weighted by Crippen LogP contribution is -2.60. The Balaban J connectivity index is 2.25. The number of phosphoric acid groups is 1. The molecule has 2 saturated heterocycles. The molecular formula is C6H11O7P. The molecule has 2 aliphatic rings. The lowest BCUT2D eigenvalue weighted by molar-refractivity contribution is -0.291. The van der Waals surface area contributed by atoms with E-state index >= 15 is 0 Å². The van der Waals surface area contributed by atoms with Crippen LogP contribution in [-0.2, 0) is 18.3 Å². The second-order valence-corrected chi connectivity index (χ2v) is 4.69. The van der Waals surface area contributed by atoms with E-state index in [0.29, 0.717) is 0 Å². The van der Waals surface area contributed by atoms with Crippen LogP contribution in [-0.4, -0.2) is 45.8 Å². The van der Waals surface area contributed by atoms with Gasteiger partial charge in [0, 0.05) is 0 Å². The van der Waals surface area contributed by atoms with Crippen molar-refractivity contribution >= 4 is 7.82 Å². The van der Waals surface area contributed by atoms with Gasteiger partial charge < -0.3 is 19.8 Å². The molecule has 8 heteroatoms. The summed E-state index contributed by atoms with van der Waals surface area (Å²) in [6.07, 6.45) is -5.38. The standard InChI is InChI=1S/C6H11O7P/c1-2-3(7)5-4(8)6(11-2)13-14(9,10)12-5/h2-8H,1H3,(H,9,10)/t2-,3-,4+,5-,6-/m0/s1. The zero-order chi connectivity index (χ0) is 10.5. The van der Waals surface area contributed by atoms with Crippen LogP contribution in [0.4, 0.5) is 0 Å². The molecule has 0 spiro atoms. The van der Waals surface area contributed by atoms with E-state index in [0.717, 1.165) is 0 Å². The topological polar surface area (TPSA) is 105 Å². The third kappa shape index (κ3) is 1.61. The van der Waals surface area contributed by atoms with Gasteiger partial charge >= 0.3 is 7.82 Å². The van der Waals surface area contributed by atoms with Gasteiger partial charge in [0.1, 0.15) is 18.3 Å². The molecule has 3 N–H and O–H groups in total. The van der Waals surface area contributed by atoms with Gasteiger partial charge in [0.15, 0.2) is 6.29 Å². The summed E-state index contributed by atoms with van der Waals surface area (Å²) in [5, 5.41) is 18.9. The molecule has 0 radical (unpaired) electrons. The predicted molar refractivity (Wildman–Crippen MR) is 42.1 cm³/mol. The summed E-state index contributed by atoms with van der Waals surface area (Å²) >= 11 is 0. The van der Waals surface area contributed by atoms with Gasteiger partial charge in [0.05, 0.1) is 6.10 Å². The minimum atomic E-state index is -4.21. The minimum Gasteiger partial charge on any atom is -0.388 e. The highest BCUT2D eigenvalue weighted by Crippen LogP contribution is 2.53. The molecule has 0 aromatic carbocycles. The van der Waals surface area contributed by atoms with Crippen LogP contribution in [0.5, 0.6) is 0 Å². The molecule has 0 aliphatic carbocycles. The van der Waals surface area contributed by atoms with Gasteiger partial charge in [-0.3, -0.25) is 9.05 Å². The molecule has 1 unspecified atom stereocenters. The Hall–Kier alpha value is -0.0100. The van der Waals surface area contributed by atoms with Crippen molar-refractivity contribution in [3.8, 4) is 0 Å². The molecule has 2 rings (SSSR count). The van der Waals surface area contributed by atoms with Crippen molar-refractivity contribution < 1.29 is 33.5 Å². The molecule has 0 aromatic heterocycles. The van der Waals surface area contributed by atoms with Crippen molar-refractivity contribution in [1.82, 2.24) is 0 Å². The highest BCUT2D eigenvalue weighted by atomic mass is 31.2. The van der Waals surface area contributed by atoms with Gasteiger partial charge in [-0.15, -0.1) is 0 Å². The maximum Gasteiger partial charge on any atom is 0.475 e. The maximum atomic E-state index is 11.1. The summed E-state index contributed by atoms with van der Waals surface area (Å²) < 4.78 is 25.1. The molecule has 0 saturated carbocycles. The molecule has 7 nitrogen and oxygen atoms in total. The molecule has 14 heavy (non-hydrogen) atoms. The zero-order valence-electron chi connectivity index (χ0n) is 7.31. The van der Waals surface area contributed by atoms with Gasteiger partial charge in [0.25, 0.3) is 0 Å². The van der Waals surface area contributed by atoms with Crippen molar-refractivity contribution in [1.29, 1.82) is 0 Å². The fourth-order valence-electron chi connectivity index (χ4n) is 1.52. The van der Waals surface area contributed by atoms with Crippen LogP contribution in [0, 0.1) is 0 Å².